The van der Waals surface area contributed by atoms with Gasteiger partial charge in [0.2, 0.25) is 27.7 Å². The van der Waals surface area contributed by atoms with E-state index in [1.54, 1.807) is 46.3 Å². The van der Waals surface area contributed by atoms with Gasteiger partial charge in [0.25, 0.3) is 6.01 Å². The van der Waals surface area contributed by atoms with E-state index in [1.807, 2.05) is 55.7 Å². The maximum atomic E-state index is 14.3. The number of ether oxygens (including phenoxy) is 2. The van der Waals surface area contributed by atoms with Crippen LogP contribution in [0.4, 0.5) is 4.79 Å². The fraction of sp³-hybridized carbons (Fsp3) is 0.595. The van der Waals surface area contributed by atoms with Gasteiger partial charge in [-0.3, -0.25) is 33.6 Å². The lowest BCUT2D eigenvalue weighted by atomic mass is 10.0. The van der Waals surface area contributed by atoms with Crippen molar-refractivity contribution in [2.45, 2.75) is 141 Å². The van der Waals surface area contributed by atoms with Gasteiger partial charge in [-0.1, -0.05) is 44.1 Å². The van der Waals surface area contributed by atoms with Gasteiger partial charge >= 0.3 is 6.09 Å². The smallest absolute Gasteiger partial charge is 0.408 e. The molecule has 0 bridgehead atoms. The number of nitrogens with zero attached hydrogens (tertiary/aromatic N) is 5. The summed E-state index contributed by atoms with van der Waals surface area (Å²) in [6.45, 7) is 12.9. The predicted octanol–water partition coefficient (Wildman–Crippen LogP) is 5.33. The Morgan fingerprint density at radius 3 is 2.47 bits per heavy atom. The third-order valence-corrected chi connectivity index (χ3v) is 13.7. The summed E-state index contributed by atoms with van der Waals surface area (Å²) in [6.07, 6.45) is 12.5. The number of primary amides is 1. The van der Waals surface area contributed by atoms with E-state index in [0.29, 0.717) is 49.3 Å². The highest BCUT2D eigenvalue weighted by atomic mass is 32.2. The first kappa shape index (κ1) is 43.5. The number of imidazole rings is 1. The number of rotatable bonds is 17. The molecule has 4 amide bonds. The number of allylic oxidation sites excluding steroid dienone is 2. The van der Waals surface area contributed by atoms with Crippen LogP contribution in [0.3, 0.4) is 0 Å². The van der Waals surface area contributed by atoms with E-state index in [2.05, 4.69) is 20.0 Å². The molecule has 3 aliphatic rings. The standard InChI is InChI=1S/C42H58N8O8S/c1-26(2)50-32-16-13-14-28(31-24-44-20-21-45-31)34(32)47-38(50)57-27-22-33(35(43)51)49(25-27)37(53)30(46-39(54)58-40(3,4)5)15-11-9-8-10-12-17-41(6)23-29(41)36(52)48-59(55,56)42(7)18-19-42/h12-14,16-17,20-21,24,26-27,29-30,33H,8-11,15,18-19,22-23,25H2,1-7H3,(H2,43,51)(H,46,54)(H,48,52). The molecule has 3 fully saturated rings. The second-order valence-corrected chi connectivity index (χ2v) is 20.1. The number of likely N-dealkylation sites (tertiary alicyclic amines) is 1. The molecule has 2 aliphatic carbocycles. The van der Waals surface area contributed by atoms with Crippen LogP contribution in [0, 0.1) is 11.3 Å². The lowest BCUT2D eigenvalue weighted by Crippen LogP contribution is -2.53. The van der Waals surface area contributed by atoms with Crippen LogP contribution in [-0.2, 0) is 29.1 Å². The molecule has 1 aliphatic heterocycles. The molecule has 2 saturated carbocycles. The summed E-state index contributed by atoms with van der Waals surface area (Å²) in [5.41, 5.74) is 7.63. The molecule has 59 heavy (non-hydrogen) atoms. The fourth-order valence-electron chi connectivity index (χ4n) is 7.64. The number of alkyl carbamates (subject to hydrolysis) is 1. The fourth-order valence-corrected chi connectivity index (χ4v) is 8.94. The minimum absolute atomic E-state index is 0.0436. The zero-order chi connectivity index (χ0) is 42.9. The molecule has 1 saturated heterocycles. The Morgan fingerprint density at radius 1 is 1.08 bits per heavy atom. The molecule has 3 aromatic rings. The van der Waals surface area contributed by atoms with Crippen molar-refractivity contribution in [2.75, 3.05) is 6.54 Å². The summed E-state index contributed by atoms with van der Waals surface area (Å²) < 4.78 is 40.4. The molecule has 0 radical (unpaired) electrons. The number of hydrogen-bond acceptors (Lipinski definition) is 11. The van der Waals surface area contributed by atoms with E-state index in [9.17, 15) is 27.6 Å². The van der Waals surface area contributed by atoms with Crippen molar-refractivity contribution < 1.29 is 37.1 Å². The summed E-state index contributed by atoms with van der Waals surface area (Å²) in [6, 6.07) is 4.11. The second-order valence-electron chi connectivity index (χ2n) is 17.9. The van der Waals surface area contributed by atoms with Gasteiger partial charge < -0.3 is 25.4 Å². The highest BCUT2D eigenvalue weighted by Crippen LogP contribution is 2.54. The van der Waals surface area contributed by atoms with Gasteiger partial charge in [0.15, 0.2) is 0 Å². The molecule has 16 nitrogen and oxygen atoms in total. The van der Waals surface area contributed by atoms with E-state index in [4.69, 9.17) is 20.2 Å². The number of carbonyl (C=O) groups excluding carboxylic acids is 4. The van der Waals surface area contributed by atoms with Crippen LogP contribution in [0.25, 0.3) is 22.3 Å². The van der Waals surface area contributed by atoms with Crippen molar-refractivity contribution in [1.82, 2.24) is 34.5 Å². The third-order valence-electron chi connectivity index (χ3n) is 11.5. The Balaban J connectivity index is 1.09. The Bertz CT molecular complexity index is 2200. The molecule has 320 valence electrons. The summed E-state index contributed by atoms with van der Waals surface area (Å²) in [5.74, 6) is -1.98. The number of para-hydroxylation sites is 1. The summed E-state index contributed by atoms with van der Waals surface area (Å²) in [7, 11) is -3.67. The van der Waals surface area contributed by atoms with E-state index in [1.165, 1.54) is 4.90 Å². The zero-order valence-electron chi connectivity index (χ0n) is 35.1. The molecular weight excluding hydrogens is 777 g/mol. The third kappa shape index (κ3) is 10.0. The van der Waals surface area contributed by atoms with Gasteiger partial charge in [-0.05, 0) is 91.5 Å². The molecule has 0 spiro atoms. The molecule has 5 unspecified atom stereocenters. The van der Waals surface area contributed by atoms with Gasteiger partial charge in [-0.25, -0.2) is 13.2 Å². The van der Waals surface area contributed by atoms with Crippen LogP contribution in [-0.4, -0.2) is 91.7 Å². The maximum Gasteiger partial charge on any atom is 0.408 e. The van der Waals surface area contributed by atoms with E-state index in [0.717, 1.165) is 23.9 Å². The van der Waals surface area contributed by atoms with Crippen LogP contribution >= 0.6 is 0 Å². The number of nitrogens with one attached hydrogen (secondary N) is 2. The van der Waals surface area contributed by atoms with Crippen LogP contribution < -0.4 is 20.5 Å². The number of amides is 4. The van der Waals surface area contributed by atoms with Crippen molar-refractivity contribution in [3.63, 3.8) is 0 Å². The minimum Gasteiger partial charge on any atom is -0.459 e. The number of benzene rings is 1. The Hall–Kier alpha value is -5.06. The molecule has 5 atom stereocenters. The first-order valence-electron chi connectivity index (χ1n) is 20.5. The van der Waals surface area contributed by atoms with E-state index >= 15 is 0 Å². The van der Waals surface area contributed by atoms with Gasteiger partial charge in [0.1, 0.15) is 29.3 Å². The minimum atomic E-state index is -3.67. The van der Waals surface area contributed by atoms with Crippen molar-refractivity contribution in [2.24, 2.45) is 17.1 Å². The predicted molar refractivity (Wildman–Crippen MR) is 221 cm³/mol. The average molecular weight is 835 g/mol. The maximum absolute atomic E-state index is 14.3. The highest BCUT2D eigenvalue weighted by Gasteiger charge is 2.56. The quantitative estimate of drug-likeness (QED) is 0.117. The molecule has 1 aromatic carbocycles. The van der Waals surface area contributed by atoms with Crippen molar-refractivity contribution in [3.05, 3.63) is 48.9 Å². The Kier molecular flexibility index (Phi) is 12.5. The van der Waals surface area contributed by atoms with Gasteiger partial charge in [0, 0.05) is 36.3 Å². The van der Waals surface area contributed by atoms with Crippen LogP contribution in [0.5, 0.6) is 6.01 Å². The second kappa shape index (κ2) is 16.9. The van der Waals surface area contributed by atoms with Gasteiger partial charge in [-0.15, -0.1) is 0 Å². The summed E-state index contributed by atoms with van der Waals surface area (Å²) in [5, 5.41) is 2.75. The largest absolute Gasteiger partial charge is 0.459 e. The normalized spacial score (nSPS) is 23.0. The van der Waals surface area contributed by atoms with Gasteiger partial charge in [0.05, 0.1) is 28.7 Å². The first-order chi connectivity index (χ1) is 27.7. The Labute approximate surface area is 346 Å². The zero-order valence-corrected chi connectivity index (χ0v) is 35.9. The van der Waals surface area contributed by atoms with Crippen molar-refractivity contribution >= 4 is 44.9 Å². The molecule has 2 aromatic heterocycles. The monoisotopic (exact) mass is 834 g/mol. The first-order valence-corrected chi connectivity index (χ1v) is 22.0. The molecule has 3 heterocycles. The number of sulfonamides is 1. The molecule has 6 rings (SSSR count). The molecular formula is C42H58N8O8S. The van der Waals surface area contributed by atoms with Gasteiger partial charge in [-0.2, -0.15) is 4.98 Å². The lowest BCUT2D eigenvalue weighted by Gasteiger charge is -2.28. The highest BCUT2D eigenvalue weighted by molar-refractivity contribution is 7.91. The Morgan fingerprint density at radius 2 is 1.83 bits per heavy atom. The lowest BCUT2D eigenvalue weighted by molar-refractivity contribution is -0.139. The molecule has 17 heteroatoms. The van der Waals surface area contributed by atoms with Crippen LogP contribution in [0.2, 0.25) is 0 Å². The van der Waals surface area contributed by atoms with E-state index in [-0.39, 0.29) is 31.3 Å². The average Bonchev–Trinajstić information content (AvgIpc) is 3.96. The van der Waals surface area contributed by atoms with Crippen LogP contribution in [0.15, 0.2) is 48.9 Å². The summed E-state index contributed by atoms with van der Waals surface area (Å²) >= 11 is 0. The van der Waals surface area contributed by atoms with Crippen LogP contribution in [0.1, 0.15) is 112 Å². The number of carbonyl (C=O) groups is 4. The number of unbranched alkanes of at least 4 members (excludes halogenated alkanes) is 3. The van der Waals surface area contributed by atoms with E-state index < -0.39 is 67.8 Å². The number of hydrogen-bond donors (Lipinski definition) is 3. The number of aromatic nitrogens is 4. The number of fused-ring (bicyclic) bond motifs is 1. The van der Waals surface area contributed by atoms with Crippen molar-refractivity contribution in [3.8, 4) is 17.3 Å². The molecule has 4 N–H and O–H groups in total. The topological polar surface area (TPSA) is 218 Å². The number of nitrogens with two attached hydrogens (primary N) is 1. The van der Waals surface area contributed by atoms with Crippen molar-refractivity contribution in [1.29, 1.82) is 0 Å². The summed E-state index contributed by atoms with van der Waals surface area (Å²) in [4.78, 5) is 67.7. The SMILES string of the molecule is CC(C)n1c(OC2CC(C(N)=O)N(C(=O)C(CCCCCC=CC3(C)CC3C(=O)NS(=O)(=O)C3(C)CC3)NC(=O)OC(C)(C)C)C2)nc2c(-c3cnccn3)cccc21.